The zero-order valence-corrected chi connectivity index (χ0v) is 10.7. The Balaban J connectivity index is 2.09. The smallest absolute Gasteiger partial charge is 0.180 e. The number of methoxy groups -OCH3 is 1. The summed E-state index contributed by atoms with van der Waals surface area (Å²) in [6, 6.07) is 6.01. The Morgan fingerprint density at radius 1 is 1.56 bits per heavy atom. The third-order valence-electron chi connectivity index (χ3n) is 2.59. The normalized spacial score (nSPS) is 14.9. The number of halogens is 1. The van der Waals surface area contributed by atoms with Crippen molar-refractivity contribution in [2.24, 2.45) is 0 Å². The zero-order valence-electron chi connectivity index (χ0n) is 9.13. The maximum Gasteiger partial charge on any atom is 0.180 e. The van der Waals surface area contributed by atoms with Gasteiger partial charge in [-0.2, -0.15) is 0 Å². The van der Waals surface area contributed by atoms with Gasteiger partial charge in [-0.05, 0) is 31.0 Å². The van der Waals surface area contributed by atoms with E-state index < -0.39 is 0 Å². The molecule has 0 bridgehead atoms. The van der Waals surface area contributed by atoms with Crippen LogP contribution in [-0.2, 0) is 0 Å². The lowest BCUT2D eigenvalue weighted by Crippen LogP contribution is -2.25. The number of benzene rings is 1. The van der Waals surface area contributed by atoms with Gasteiger partial charge in [0.15, 0.2) is 5.78 Å². The predicted octanol–water partition coefficient (Wildman–Crippen LogP) is 2.39. The third kappa shape index (κ3) is 2.83. The van der Waals surface area contributed by atoms with Gasteiger partial charge in [-0.15, -0.1) is 0 Å². The molecule has 0 heterocycles. The van der Waals surface area contributed by atoms with Crippen LogP contribution in [0.2, 0.25) is 0 Å². The average Bonchev–Trinajstić information content (AvgIpc) is 3.09. The van der Waals surface area contributed by atoms with Gasteiger partial charge in [0, 0.05) is 10.5 Å². The van der Waals surface area contributed by atoms with Crippen LogP contribution in [0.3, 0.4) is 0 Å². The molecular formula is C12H14BrNO2. The minimum absolute atomic E-state index is 0.0741. The van der Waals surface area contributed by atoms with Crippen molar-refractivity contribution in [3.63, 3.8) is 0 Å². The van der Waals surface area contributed by atoms with Gasteiger partial charge >= 0.3 is 0 Å². The molecule has 1 aliphatic rings. The van der Waals surface area contributed by atoms with E-state index in [4.69, 9.17) is 4.74 Å². The first kappa shape index (κ1) is 11.6. The Morgan fingerprint density at radius 2 is 2.31 bits per heavy atom. The molecule has 0 radical (unpaired) electrons. The number of nitrogens with one attached hydrogen (secondary N) is 1. The van der Waals surface area contributed by atoms with Crippen molar-refractivity contribution < 1.29 is 9.53 Å². The van der Waals surface area contributed by atoms with E-state index in [1.807, 2.05) is 6.07 Å². The van der Waals surface area contributed by atoms with Crippen molar-refractivity contribution >= 4 is 21.7 Å². The molecule has 0 atom stereocenters. The van der Waals surface area contributed by atoms with E-state index in [-0.39, 0.29) is 5.78 Å². The topological polar surface area (TPSA) is 38.3 Å². The van der Waals surface area contributed by atoms with E-state index in [1.165, 1.54) is 12.8 Å². The number of carbonyl (C=O) groups is 1. The summed E-state index contributed by atoms with van der Waals surface area (Å²) in [6.45, 7) is 0.386. The summed E-state index contributed by atoms with van der Waals surface area (Å²) in [6.07, 6.45) is 2.37. The molecular weight excluding hydrogens is 270 g/mol. The minimum Gasteiger partial charge on any atom is -0.496 e. The molecule has 1 aromatic rings. The highest BCUT2D eigenvalue weighted by Gasteiger charge is 2.22. The van der Waals surface area contributed by atoms with Crippen molar-refractivity contribution in [3.05, 3.63) is 28.2 Å². The second-order valence-corrected chi connectivity index (χ2v) is 4.84. The molecule has 86 valence electrons. The highest BCUT2D eigenvalue weighted by molar-refractivity contribution is 9.10. The third-order valence-corrected chi connectivity index (χ3v) is 3.08. The Kier molecular flexibility index (Phi) is 3.61. The summed E-state index contributed by atoms with van der Waals surface area (Å²) >= 11 is 3.36. The lowest BCUT2D eigenvalue weighted by molar-refractivity contribution is 0.0987. The molecule has 0 aliphatic heterocycles. The Labute approximate surface area is 103 Å². The molecule has 0 saturated heterocycles. The fourth-order valence-electron chi connectivity index (χ4n) is 1.52. The van der Waals surface area contributed by atoms with E-state index in [0.29, 0.717) is 23.9 Å². The summed E-state index contributed by atoms with van der Waals surface area (Å²) in [7, 11) is 1.58. The number of ketones is 1. The van der Waals surface area contributed by atoms with E-state index in [9.17, 15) is 4.79 Å². The summed E-state index contributed by atoms with van der Waals surface area (Å²) in [5, 5.41) is 3.21. The van der Waals surface area contributed by atoms with Gasteiger partial charge in [0.25, 0.3) is 0 Å². The lowest BCUT2D eigenvalue weighted by atomic mass is 10.1. The van der Waals surface area contributed by atoms with Crippen LogP contribution in [0.1, 0.15) is 23.2 Å². The standard InChI is InChI=1S/C12H14BrNO2/c1-16-12-5-2-8(13)6-10(12)11(15)7-14-9-3-4-9/h2,5-6,9,14H,3-4,7H2,1H3. The first-order chi connectivity index (χ1) is 7.70. The number of Topliss-reactive ketones (excluding diaryl/α,β-unsaturated/α-hetero) is 1. The Hall–Kier alpha value is -0.870. The number of hydrogen-bond acceptors (Lipinski definition) is 3. The SMILES string of the molecule is COc1ccc(Br)cc1C(=O)CNC1CC1. The lowest BCUT2D eigenvalue weighted by Gasteiger charge is -2.08. The van der Waals surface area contributed by atoms with E-state index >= 15 is 0 Å². The van der Waals surface area contributed by atoms with E-state index in [0.717, 1.165) is 4.47 Å². The first-order valence-electron chi connectivity index (χ1n) is 5.31. The largest absolute Gasteiger partial charge is 0.496 e. The molecule has 1 aliphatic carbocycles. The second kappa shape index (κ2) is 4.97. The summed E-state index contributed by atoms with van der Waals surface area (Å²) < 4.78 is 6.07. The molecule has 1 N–H and O–H groups in total. The summed E-state index contributed by atoms with van der Waals surface area (Å²) in [5.41, 5.74) is 0.630. The van der Waals surface area contributed by atoms with Crippen molar-refractivity contribution in [1.82, 2.24) is 5.32 Å². The van der Waals surface area contributed by atoms with Gasteiger partial charge in [0.1, 0.15) is 5.75 Å². The highest BCUT2D eigenvalue weighted by atomic mass is 79.9. The van der Waals surface area contributed by atoms with Crippen LogP contribution in [0.4, 0.5) is 0 Å². The summed E-state index contributed by atoms with van der Waals surface area (Å²) in [4.78, 5) is 11.9. The van der Waals surface area contributed by atoms with Crippen molar-refractivity contribution in [3.8, 4) is 5.75 Å². The Morgan fingerprint density at radius 3 is 2.94 bits per heavy atom. The maximum absolute atomic E-state index is 11.9. The van der Waals surface area contributed by atoms with Crippen LogP contribution in [0.15, 0.2) is 22.7 Å². The fourth-order valence-corrected chi connectivity index (χ4v) is 1.88. The van der Waals surface area contributed by atoms with Gasteiger partial charge < -0.3 is 10.1 Å². The van der Waals surface area contributed by atoms with Crippen LogP contribution in [0.5, 0.6) is 5.75 Å². The van der Waals surface area contributed by atoms with Gasteiger partial charge in [-0.3, -0.25) is 4.79 Å². The van der Waals surface area contributed by atoms with Gasteiger partial charge in [0.05, 0.1) is 19.2 Å². The van der Waals surface area contributed by atoms with Crippen LogP contribution < -0.4 is 10.1 Å². The monoisotopic (exact) mass is 283 g/mol. The van der Waals surface area contributed by atoms with Crippen molar-refractivity contribution in [2.45, 2.75) is 18.9 Å². The van der Waals surface area contributed by atoms with Gasteiger partial charge in [-0.25, -0.2) is 0 Å². The molecule has 2 rings (SSSR count). The number of rotatable bonds is 5. The van der Waals surface area contributed by atoms with E-state index in [1.54, 1.807) is 19.2 Å². The van der Waals surface area contributed by atoms with Gasteiger partial charge in [0.2, 0.25) is 0 Å². The number of hydrogen-bond donors (Lipinski definition) is 1. The highest BCUT2D eigenvalue weighted by Crippen LogP contribution is 2.24. The van der Waals surface area contributed by atoms with Crippen LogP contribution >= 0.6 is 15.9 Å². The summed E-state index contributed by atoms with van der Waals surface area (Å²) in [5.74, 6) is 0.704. The molecule has 1 saturated carbocycles. The van der Waals surface area contributed by atoms with Crippen molar-refractivity contribution in [1.29, 1.82) is 0 Å². The zero-order chi connectivity index (χ0) is 11.5. The van der Waals surface area contributed by atoms with Gasteiger partial charge in [-0.1, -0.05) is 15.9 Å². The second-order valence-electron chi connectivity index (χ2n) is 3.92. The molecule has 0 unspecified atom stereocenters. The molecule has 1 aromatic carbocycles. The van der Waals surface area contributed by atoms with Crippen LogP contribution in [-0.4, -0.2) is 25.5 Å². The average molecular weight is 284 g/mol. The maximum atomic E-state index is 11.9. The Bertz CT molecular complexity index is 402. The molecule has 0 aromatic heterocycles. The molecule has 16 heavy (non-hydrogen) atoms. The van der Waals surface area contributed by atoms with Crippen molar-refractivity contribution in [2.75, 3.05) is 13.7 Å². The number of ether oxygens (including phenoxy) is 1. The fraction of sp³-hybridized carbons (Fsp3) is 0.417. The molecule has 3 nitrogen and oxygen atoms in total. The molecule has 0 amide bonds. The minimum atomic E-state index is 0.0741. The molecule has 1 fully saturated rings. The molecule has 0 spiro atoms. The quantitative estimate of drug-likeness (QED) is 0.844. The first-order valence-corrected chi connectivity index (χ1v) is 6.10. The van der Waals surface area contributed by atoms with E-state index in [2.05, 4.69) is 21.2 Å². The predicted molar refractivity (Wildman–Crippen MR) is 66.0 cm³/mol. The molecule has 4 heteroatoms. The van der Waals surface area contributed by atoms with Crippen LogP contribution in [0.25, 0.3) is 0 Å². The number of carbonyl (C=O) groups excluding carboxylic acids is 1. The van der Waals surface area contributed by atoms with Crippen LogP contribution in [0, 0.1) is 0 Å².